The molecule has 0 saturated carbocycles. The molecule has 0 unspecified atom stereocenters. The Morgan fingerprint density at radius 2 is 1.56 bits per heavy atom. The fourth-order valence-corrected chi connectivity index (χ4v) is 4.36. The van der Waals surface area contributed by atoms with Gasteiger partial charge in [0, 0.05) is 50.9 Å². The van der Waals surface area contributed by atoms with Crippen molar-refractivity contribution in [2.45, 2.75) is 65.6 Å². The van der Waals surface area contributed by atoms with Crippen molar-refractivity contribution in [2.24, 2.45) is 0 Å². The maximum Gasteiger partial charge on any atom is 0.333 e. The first-order valence-electron chi connectivity index (χ1n) is 12.1. The predicted molar refractivity (Wildman–Crippen MR) is 135 cm³/mol. The summed E-state index contributed by atoms with van der Waals surface area (Å²) in [6.45, 7) is 15.9. The average molecular weight is 468 g/mol. The highest BCUT2D eigenvalue weighted by Crippen LogP contribution is 2.23. The molecule has 1 aromatic heterocycles. The number of hydrogen-bond donors (Lipinski definition) is 0. The number of anilines is 1. The molecular formula is C26H37N5O3. The van der Waals surface area contributed by atoms with Gasteiger partial charge in [0.15, 0.2) is 0 Å². The summed E-state index contributed by atoms with van der Waals surface area (Å²) in [6, 6.07) is 10.7. The first-order chi connectivity index (χ1) is 16.0. The smallest absolute Gasteiger partial charge is 0.333 e. The largest absolute Gasteiger partial charge is 0.488 e. The van der Waals surface area contributed by atoms with E-state index in [2.05, 4.69) is 29.7 Å². The highest BCUT2D eigenvalue weighted by atomic mass is 16.5. The summed E-state index contributed by atoms with van der Waals surface area (Å²) < 4.78 is 9.23. The molecule has 1 aromatic carbocycles. The molecule has 0 aliphatic carbocycles. The molecule has 0 N–H and O–H groups in total. The Labute approximate surface area is 202 Å². The lowest BCUT2D eigenvalue weighted by Crippen LogP contribution is -2.51. The van der Waals surface area contributed by atoms with Crippen molar-refractivity contribution in [1.82, 2.24) is 14.0 Å². The quantitative estimate of drug-likeness (QED) is 0.592. The molecule has 1 aliphatic heterocycles. The molecule has 1 saturated heterocycles. The molecule has 1 fully saturated rings. The van der Waals surface area contributed by atoms with E-state index in [1.165, 1.54) is 4.57 Å². The minimum absolute atomic E-state index is 0.0358. The second-order valence-electron chi connectivity index (χ2n) is 10.1. The second kappa shape index (κ2) is 10.5. The molecule has 2 heterocycles. The summed E-state index contributed by atoms with van der Waals surface area (Å²) in [7, 11) is 0. The van der Waals surface area contributed by atoms with Gasteiger partial charge in [-0.1, -0.05) is 0 Å². The molecule has 1 aliphatic rings. The van der Waals surface area contributed by atoms with Crippen molar-refractivity contribution < 1.29 is 4.74 Å². The van der Waals surface area contributed by atoms with E-state index in [0.29, 0.717) is 11.4 Å². The predicted octanol–water partition coefficient (Wildman–Crippen LogP) is 3.41. The first-order valence-corrected chi connectivity index (χ1v) is 12.1. The number of piperazine rings is 1. The number of nitriles is 1. The van der Waals surface area contributed by atoms with Gasteiger partial charge in [0.1, 0.15) is 17.2 Å². The maximum absolute atomic E-state index is 13.1. The molecule has 0 spiro atoms. The van der Waals surface area contributed by atoms with Crippen LogP contribution in [0, 0.1) is 11.3 Å². The monoisotopic (exact) mass is 467 g/mol. The Kier molecular flexibility index (Phi) is 7.88. The Morgan fingerprint density at radius 1 is 0.971 bits per heavy atom. The first kappa shape index (κ1) is 25.6. The van der Waals surface area contributed by atoms with E-state index in [4.69, 9.17) is 10.00 Å². The molecular weight excluding hydrogens is 430 g/mol. The topological polar surface area (TPSA) is 83.5 Å². The van der Waals surface area contributed by atoms with Gasteiger partial charge in [0.05, 0.1) is 11.6 Å². The molecule has 184 valence electrons. The highest BCUT2D eigenvalue weighted by molar-refractivity contribution is 5.40. The van der Waals surface area contributed by atoms with Gasteiger partial charge in [0.25, 0.3) is 5.56 Å². The van der Waals surface area contributed by atoms with Crippen molar-refractivity contribution in [3.8, 4) is 11.8 Å². The number of hydrogen-bond acceptors (Lipinski definition) is 6. The lowest BCUT2D eigenvalue weighted by molar-refractivity contribution is 0.0820. The van der Waals surface area contributed by atoms with Crippen LogP contribution in [0.2, 0.25) is 0 Å². The van der Waals surface area contributed by atoms with Crippen LogP contribution in [-0.2, 0) is 0 Å². The van der Waals surface area contributed by atoms with Gasteiger partial charge in [-0.05, 0) is 72.2 Å². The molecule has 0 bridgehead atoms. The Morgan fingerprint density at radius 3 is 2.09 bits per heavy atom. The number of ether oxygens (including phenoxy) is 1. The SMILES string of the molecule is CC(C)n1c(N2CCN(CCC(C)(C)Oc3ccc(C#N)cc3)CC2)cc(=O)n(C(C)C)c1=O. The van der Waals surface area contributed by atoms with Gasteiger partial charge in [-0.2, -0.15) is 5.26 Å². The number of aromatic nitrogens is 2. The molecule has 8 heteroatoms. The third-order valence-electron chi connectivity index (χ3n) is 6.29. The number of nitrogens with zero attached hydrogens (tertiary/aromatic N) is 5. The number of benzene rings is 1. The van der Waals surface area contributed by atoms with Gasteiger partial charge in [0.2, 0.25) is 0 Å². The van der Waals surface area contributed by atoms with Crippen LogP contribution in [0.1, 0.15) is 65.6 Å². The molecule has 34 heavy (non-hydrogen) atoms. The van der Waals surface area contributed by atoms with Crippen molar-refractivity contribution in [3.05, 3.63) is 56.7 Å². The van der Waals surface area contributed by atoms with E-state index in [1.54, 1.807) is 22.8 Å². The summed E-state index contributed by atoms with van der Waals surface area (Å²) >= 11 is 0. The lowest BCUT2D eigenvalue weighted by Gasteiger charge is -2.38. The normalized spacial score (nSPS) is 15.1. The fourth-order valence-electron chi connectivity index (χ4n) is 4.36. The zero-order valence-electron chi connectivity index (χ0n) is 21.2. The third kappa shape index (κ3) is 5.89. The van der Waals surface area contributed by atoms with Gasteiger partial charge in [-0.15, -0.1) is 0 Å². The van der Waals surface area contributed by atoms with E-state index < -0.39 is 0 Å². The Balaban J connectivity index is 1.62. The van der Waals surface area contributed by atoms with E-state index in [1.807, 2.05) is 39.8 Å². The van der Waals surface area contributed by atoms with Gasteiger partial charge >= 0.3 is 5.69 Å². The van der Waals surface area contributed by atoms with Crippen LogP contribution in [-0.4, -0.2) is 52.4 Å². The third-order valence-corrected chi connectivity index (χ3v) is 6.29. The van der Waals surface area contributed by atoms with Crippen LogP contribution in [0.15, 0.2) is 39.9 Å². The van der Waals surface area contributed by atoms with Crippen molar-refractivity contribution in [2.75, 3.05) is 37.6 Å². The molecule has 0 radical (unpaired) electrons. The summed E-state index contributed by atoms with van der Waals surface area (Å²) in [6.07, 6.45) is 0.855. The van der Waals surface area contributed by atoms with Crippen LogP contribution >= 0.6 is 0 Å². The van der Waals surface area contributed by atoms with Crippen LogP contribution < -0.4 is 20.9 Å². The van der Waals surface area contributed by atoms with E-state index >= 15 is 0 Å². The molecule has 0 atom stereocenters. The summed E-state index contributed by atoms with van der Waals surface area (Å²) in [4.78, 5) is 30.3. The molecule has 0 amide bonds. The van der Waals surface area contributed by atoms with Crippen molar-refractivity contribution in [3.63, 3.8) is 0 Å². The van der Waals surface area contributed by atoms with E-state index in [0.717, 1.165) is 44.9 Å². The standard InChI is InChI=1S/C26H37N5O3/c1-19(2)30-23(17-24(32)31(20(3)4)25(30)33)29-15-13-28(14-16-29)12-11-26(5,6)34-22-9-7-21(18-27)8-10-22/h7-10,17,19-20H,11-16H2,1-6H3. The van der Waals surface area contributed by atoms with Crippen LogP contribution in [0.5, 0.6) is 5.75 Å². The fraction of sp³-hybridized carbons (Fsp3) is 0.577. The Hall–Kier alpha value is -3.05. The van der Waals surface area contributed by atoms with E-state index in [9.17, 15) is 9.59 Å². The van der Waals surface area contributed by atoms with Gasteiger partial charge in [-0.25, -0.2) is 4.79 Å². The zero-order valence-corrected chi connectivity index (χ0v) is 21.2. The van der Waals surface area contributed by atoms with Gasteiger partial charge < -0.3 is 9.64 Å². The molecule has 3 rings (SSSR count). The van der Waals surface area contributed by atoms with Crippen molar-refractivity contribution >= 4 is 5.82 Å². The van der Waals surface area contributed by atoms with Crippen molar-refractivity contribution in [1.29, 1.82) is 5.26 Å². The van der Waals surface area contributed by atoms with Crippen LogP contribution in [0.4, 0.5) is 5.82 Å². The minimum atomic E-state index is -0.342. The van der Waals surface area contributed by atoms with E-state index in [-0.39, 0.29) is 28.9 Å². The maximum atomic E-state index is 13.1. The zero-order chi connectivity index (χ0) is 25.0. The summed E-state index contributed by atoms with van der Waals surface area (Å²) in [5.41, 5.74) is -0.203. The van der Waals surface area contributed by atoms with Gasteiger partial charge in [-0.3, -0.25) is 18.8 Å². The molecule has 8 nitrogen and oxygen atoms in total. The summed E-state index contributed by atoms with van der Waals surface area (Å²) in [5.74, 6) is 1.47. The number of rotatable bonds is 8. The second-order valence-corrected chi connectivity index (χ2v) is 10.1. The lowest BCUT2D eigenvalue weighted by atomic mass is 10.0. The summed E-state index contributed by atoms with van der Waals surface area (Å²) in [5, 5.41) is 8.95. The Bertz CT molecular complexity index is 1130. The highest BCUT2D eigenvalue weighted by Gasteiger charge is 2.26. The minimum Gasteiger partial charge on any atom is -0.488 e. The van der Waals surface area contributed by atoms with Crippen LogP contribution in [0.25, 0.3) is 0 Å². The average Bonchev–Trinajstić information content (AvgIpc) is 2.77. The molecule has 2 aromatic rings. The van der Waals surface area contributed by atoms with Crippen LogP contribution in [0.3, 0.4) is 0 Å².